The fraction of sp³-hybridized carbons (Fsp3) is 0.229. The van der Waals surface area contributed by atoms with Crippen LogP contribution in [0.3, 0.4) is 0 Å². The van der Waals surface area contributed by atoms with E-state index in [-0.39, 0.29) is 23.0 Å². The monoisotopic (exact) mass is 605 g/mol. The zero-order valence-electron chi connectivity index (χ0n) is 23.2. The van der Waals surface area contributed by atoms with Gasteiger partial charge >= 0.3 is 0 Å². The number of hydrogen-bond donors (Lipinski definition) is 1. The van der Waals surface area contributed by atoms with Crippen LogP contribution < -0.4 is 5.32 Å². The number of rotatable bonds is 10. The van der Waals surface area contributed by atoms with Crippen LogP contribution in [0.5, 0.6) is 0 Å². The molecular formula is C35H36BrN5. The molecule has 0 radical (unpaired) electrons. The Bertz CT molecular complexity index is 1490. The lowest BCUT2D eigenvalue weighted by molar-refractivity contribution is 0.155. The highest BCUT2D eigenvalue weighted by Crippen LogP contribution is 2.36. The topological polar surface area (TPSA) is 53.9 Å². The van der Waals surface area contributed by atoms with Crippen LogP contribution in [0.25, 0.3) is 11.3 Å². The molecule has 2 aromatic carbocycles. The van der Waals surface area contributed by atoms with Crippen LogP contribution in [0, 0.1) is 0 Å². The highest BCUT2D eigenvalue weighted by Gasteiger charge is 2.28. The van der Waals surface area contributed by atoms with Crippen LogP contribution in [0.15, 0.2) is 116 Å². The molecule has 0 fully saturated rings. The Morgan fingerprint density at radius 2 is 1.39 bits per heavy atom. The van der Waals surface area contributed by atoms with Gasteiger partial charge in [0, 0.05) is 44.1 Å². The molecule has 0 bridgehead atoms. The summed E-state index contributed by atoms with van der Waals surface area (Å²) < 4.78 is 0. The van der Waals surface area contributed by atoms with Crippen molar-refractivity contribution >= 4 is 17.0 Å². The molecule has 0 spiro atoms. The number of nitrogens with one attached hydrogen (secondary N) is 1. The van der Waals surface area contributed by atoms with E-state index in [9.17, 15) is 0 Å². The van der Waals surface area contributed by atoms with Crippen LogP contribution in [0.4, 0.5) is 0 Å². The average Bonchev–Trinajstić information content (AvgIpc) is 3.02. The first-order chi connectivity index (χ1) is 19.8. The van der Waals surface area contributed by atoms with E-state index in [4.69, 9.17) is 4.98 Å². The Labute approximate surface area is 253 Å². The zero-order chi connectivity index (χ0) is 27.0. The summed E-state index contributed by atoms with van der Waals surface area (Å²) in [5, 5.41) is 3.50. The Morgan fingerprint density at radius 3 is 2.12 bits per heavy atom. The Hall–Kier alpha value is -3.71. The lowest BCUT2D eigenvalue weighted by Crippen LogP contribution is -2.32. The molecule has 6 heteroatoms. The smallest absolute Gasteiger partial charge is 0.0706 e. The third-order valence-corrected chi connectivity index (χ3v) is 7.62. The third kappa shape index (κ3) is 7.53. The van der Waals surface area contributed by atoms with Gasteiger partial charge in [-0.1, -0.05) is 72.8 Å². The van der Waals surface area contributed by atoms with Gasteiger partial charge in [-0.15, -0.1) is 17.0 Å². The minimum atomic E-state index is 0. The predicted octanol–water partition coefficient (Wildman–Crippen LogP) is 7.49. The molecule has 0 saturated carbocycles. The first kappa shape index (κ1) is 28.8. The summed E-state index contributed by atoms with van der Waals surface area (Å²) in [6.07, 6.45) is 7.09. The standard InChI is InChI=1S/C35H35N5.BrH/c1-2-9-29(10-3-1)33-20-19-30-11-8-14-34(35(30)39-33)40(26-32-13-5-7-22-38-32)25-28-17-15-27(16-18-28)23-36-24-31-12-4-6-21-37-31;/h1-7,9-10,12-13,15-22,34,36H,8,11,14,23-26H2;1H. The molecule has 208 valence electrons. The number of aromatic nitrogens is 3. The normalized spacial score (nSPS) is 14.3. The van der Waals surface area contributed by atoms with Gasteiger partial charge < -0.3 is 5.32 Å². The molecule has 1 atom stereocenters. The average molecular weight is 607 g/mol. The summed E-state index contributed by atoms with van der Waals surface area (Å²) in [5.74, 6) is 0. The van der Waals surface area contributed by atoms with Gasteiger partial charge in [-0.3, -0.25) is 19.9 Å². The molecule has 1 unspecified atom stereocenters. The van der Waals surface area contributed by atoms with Gasteiger partial charge in [0.2, 0.25) is 0 Å². The molecule has 0 amide bonds. The van der Waals surface area contributed by atoms with Crippen molar-refractivity contribution in [3.05, 3.63) is 149 Å². The SMILES string of the molecule is Br.c1ccc(-c2ccc3c(n2)C(N(Cc2ccc(CNCc4ccccn4)cc2)Cc2ccccn2)CCC3)cc1. The maximum absolute atomic E-state index is 5.27. The third-order valence-electron chi connectivity index (χ3n) is 7.62. The van der Waals surface area contributed by atoms with E-state index in [0.29, 0.717) is 0 Å². The van der Waals surface area contributed by atoms with Crippen molar-refractivity contribution in [2.75, 3.05) is 0 Å². The molecule has 3 heterocycles. The van der Waals surface area contributed by atoms with Crippen molar-refractivity contribution in [2.45, 2.75) is 51.5 Å². The minimum absolute atomic E-state index is 0. The van der Waals surface area contributed by atoms with Crippen molar-refractivity contribution in [3.63, 3.8) is 0 Å². The van der Waals surface area contributed by atoms with E-state index >= 15 is 0 Å². The number of hydrogen-bond acceptors (Lipinski definition) is 5. The van der Waals surface area contributed by atoms with E-state index in [1.807, 2.05) is 36.7 Å². The highest BCUT2D eigenvalue weighted by molar-refractivity contribution is 8.93. The van der Waals surface area contributed by atoms with Crippen molar-refractivity contribution < 1.29 is 0 Å². The number of fused-ring (bicyclic) bond motifs is 1. The Balaban J connectivity index is 0.00000337. The summed E-state index contributed by atoms with van der Waals surface area (Å²) in [6, 6.07) is 36.4. The second-order valence-corrected chi connectivity index (χ2v) is 10.5. The van der Waals surface area contributed by atoms with Gasteiger partial charge in [0.25, 0.3) is 0 Å². The van der Waals surface area contributed by atoms with E-state index < -0.39 is 0 Å². The minimum Gasteiger partial charge on any atom is -0.307 e. The Morgan fingerprint density at radius 1 is 0.683 bits per heavy atom. The predicted molar refractivity (Wildman–Crippen MR) is 170 cm³/mol. The van der Waals surface area contributed by atoms with Crippen molar-refractivity contribution in [1.29, 1.82) is 0 Å². The molecule has 0 aliphatic heterocycles. The number of aryl methyl sites for hydroxylation is 1. The summed E-state index contributed by atoms with van der Waals surface area (Å²) in [6.45, 7) is 3.21. The van der Waals surface area contributed by atoms with E-state index in [0.717, 1.165) is 61.7 Å². The van der Waals surface area contributed by atoms with Crippen LogP contribution in [-0.2, 0) is 32.6 Å². The summed E-state index contributed by atoms with van der Waals surface area (Å²) >= 11 is 0. The molecule has 41 heavy (non-hydrogen) atoms. The largest absolute Gasteiger partial charge is 0.307 e. The van der Waals surface area contributed by atoms with Crippen molar-refractivity contribution in [2.24, 2.45) is 0 Å². The maximum atomic E-state index is 5.27. The van der Waals surface area contributed by atoms with Crippen LogP contribution in [-0.4, -0.2) is 19.9 Å². The lowest BCUT2D eigenvalue weighted by Gasteiger charge is -2.35. The highest BCUT2D eigenvalue weighted by atomic mass is 79.9. The number of nitrogens with zero attached hydrogens (tertiary/aromatic N) is 4. The quantitative estimate of drug-likeness (QED) is 0.179. The molecule has 0 saturated heterocycles. The molecule has 5 aromatic rings. The second kappa shape index (κ2) is 14.3. The second-order valence-electron chi connectivity index (χ2n) is 10.5. The lowest BCUT2D eigenvalue weighted by atomic mass is 9.89. The number of pyridine rings is 3. The van der Waals surface area contributed by atoms with Crippen LogP contribution in [0.1, 0.15) is 52.7 Å². The maximum Gasteiger partial charge on any atom is 0.0706 e. The van der Waals surface area contributed by atoms with E-state index in [1.54, 1.807) is 0 Å². The first-order valence-electron chi connectivity index (χ1n) is 14.2. The van der Waals surface area contributed by atoms with Gasteiger partial charge in [0.05, 0.1) is 28.8 Å². The summed E-state index contributed by atoms with van der Waals surface area (Å²) in [7, 11) is 0. The summed E-state index contributed by atoms with van der Waals surface area (Å²) in [4.78, 5) is 16.9. The number of halogens is 1. The molecule has 3 aromatic heterocycles. The summed E-state index contributed by atoms with van der Waals surface area (Å²) in [5.41, 5.74) is 9.52. The van der Waals surface area contributed by atoms with Gasteiger partial charge in [0.15, 0.2) is 0 Å². The molecular weight excluding hydrogens is 570 g/mol. The van der Waals surface area contributed by atoms with Crippen molar-refractivity contribution in [1.82, 2.24) is 25.2 Å². The zero-order valence-corrected chi connectivity index (χ0v) is 24.9. The molecule has 5 nitrogen and oxygen atoms in total. The van der Waals surface area contributed by atoms with Gasteiger partial charge in [0.1, 0.15) is 0 Å². The molecule has 1 aliphatic carbocycles. The molecule has 1 N–H and O–H groups in total. The van der Waals surface area contributed by atoms with Gasteiger partial charge in [-0.05, 0) is 66.3 Å². The van der Waals surface area contributed by atoms with Gasteiger partial charge in [-0.2, -0.15) is 0 Å². The van der Waals surface area contributed by atoms with E-state index in [1.165, 1.54) is 28.8 Å². The fourth-order valence-corrected chi connectivity index (χ4v) is 5.56. The Kier molecular flexibility index (Phi) is 10.0. The fourth-order valence-electron chi connectivity index (χ4n) is 5.56. The molecule has 6 rings (SSSR count). The van der Waals surface area contributed by atoms with Crippen LogP contribution >= 0.6 is 17.0 Å². The van der Waals surface area contributed by atoms with Gasteiger partial charge in [-0.25, -0.2) is 0 Å². The van der Waals surface area contributed by atoms with Crippen molar-refractivity contribution in [3.8, 4) is 11.3 Å². The van der Waals surface area contributed by atoms with Crippen LogP contribution in [0.2, 0.25) is 0 Å². The van der Waals surface area contributed by atoms with E-state index in [2.05, 4.69) is 99.0 Å². The number of benzene rings is 2. The first-order valence-corrected chi connectivity index (χ1v) is 14.2. The molecule has 1 aliphatic rings.